The lowest BCUT2D eigenvalue weighted by Gasteiger charge is -2.43. The van der Waals surface area contributed by atoms with E-state index in [9.17, 15) is 41.0 Å². The van der Waals surface area contributed by atoms with E-state index in [2.05, 4.69) is 11.4 Å². The number of hydrogen-bond donors (Lipinski definition) is 8. The van der Waals surface area contributed by atoms with Crippen molar-refractivity contribution in [3.05, 3.63) is 48.1 Å². The number of rotatable bonds is 12. The van der Waals surface area contributed by atoms with E-state index >= 15 is 0 Å². The molecule has 15 heteroatoms. The number of aliphatic hydroxyl groups is 7. The molecule has 1 aromatic carbocycles. The Balaban J connectivity index is 1.16. The number of ether oxygens (including phenoxy) is 6. The van der Waals surface area contributed by atoms with Crippen molar-refractivity contribution in [2.75, 3.05) is 26.6 Å². The summed E-state index contributed by atoms with van der Waals surface area (Å²) in [5.74, 6) is 1.40. The minimum Gasteiger partial charge on any atom is -0.454 e. The lowest BCUT2D eigenvalue weighted by Crippen LogP contribution is -2.61. The zero-order valence-corrected chi connectivity index (χ0v) is 25.2. The Hall–Kier alpha value is -2.69. The van der Waals surface area contributed by atoms with Crippen LogP contribution >= 0.6 is 0 Å². The van der Waals surface area contributed by atoms with Crippen LogP contribution in [0.5, 0.6) is 11.5 Å². The van der Waals surface area contributed by atoms with Crippen LogP contribution < -0.4 is 14.8 Å². The van der Waals surface area contributed by atoms with Gasteiger partial charge < -0.3 is 69.5 Å². The number of allylic oxidation sites excluding steroid dienone is 2. The number of nitriles is 1. The molecule has 13 atom stereocenters. The Morgan fingerprint density at radius 3 is 2.30 bits per heavy atom. The number of nitrogens with zero attached hydrogens (tertiary/aromatic N) is 1. The van der Waals surface area contributed by atoms with Crippen LogP contribution in [0.15, 0.2) is 42.5 Å². The Labute approximate surface area is 265 Å². The number of benzene rings is 1. The van der Waals surface area contributed by atoms with Crippen LogP contribution in [0.2, 0.25) is 0 Å². The molecule has 5 rings (SSSR count). The number of fused-ring (bicyclic) bond motifs is 1. The average Bonchev–Trinajstić information content (AvgIpc) is 3.52. The summed E-state index contributed by atoms with van der Waals surface area (Å²) in [4.78, 5) is 0. The summed E-state index contributed by atoms with van der Waals surface area (Å²) < 4.78 is 33.1. The van der Waals surface area contributed by atoms with E-state index in [1.54, 1.807) is 12.2 Å². The minimum absolute atomic E-state index is 0.0280. The van der Waals surface area contributed by atoms with E-state index in [-0.39, 0.29) is 31.9 Å². The van der Waals surface area contributed by atoms with Gasteiger partial charge in [-0.1, -0.05) is 30.4 Å². The molecule has 0 spiro atoms. The van der Waals surface area contributed by atoms with E-state index in [4.69, 9.17) is 28.4 Å². The van der Waals surface area contributed by atoms with Crippen LogP contribution in [0, 0.1) is 16.7 Å². The van der Waals surface area contributed by atoms with Crippen molar-refractivity contribution in [3.8, 4) is 17.6 Å². The zero-order chi connectivity index (χ0) is 33.0. The molecule has 0 aromatic heterocycles. The first-order valence-corrected chi connectivity index (χ1v) is 15.2. The van der Waals surface area contributed by atoms with Crippen LogP contribution in [-0.4, -0.2) is 136 Å². The van der Waals surface area contributed by atoms with Crippen LogP contribution in [-0.2, 0) is 25.4 Å². The molecule has 0 bridgehead atoms. The second-order valence-corrected chi connectivity index (χ2v) is 12.0. The Kier molecular flexibility index (Phi) is 11.3. The van der Waals surface area contributed by atoms with E-state index < -0.39 is 80.0 Å². The van der Waals surface area contributed by atoms with Gasteiger partial charge in [-0.3, -0.25) is 0 Å². The highest BCUT2D eigenvalue weighted by Crippen LogP contribution is 2.35. The van der Waals surface area contributed by atoms with Crippen molar-refractivity contribution in [2.24, 2.45) is 5.41 Å². The average molecular weight is 651 g/mol. The molecule has 15 nitrogen and oxygen atoms in total. The first-order chi connectivity index (χ1) is 22.1. The van der Waals surface area contributed by atoms with Gasteiger partial charge in [0, 0.05) is 12.1 Å². The van der Waals surface area contributed by atoms with Crippen LogP contribution in [0.4, 0.5) is 0 Å². The van der Waals surface area contributed by atoms with Crippen molar-refractivity contribution in [3.63, 3.8) is 0 Å². The highest BCUT2D eigenvalue weighted by atomic mass is 16.7. The molecule has 1 aliphatic carbocycles. The van der Waals surface area contributed by atoms with Crippen LogP contribution in [0.25, 0.3) is 0 Å². The standard InChI is InChI=1S/C31H42N2O13/c1-16(10-17-5-6-18-19(11-17)44-15-43-18)33-22-4-2-3-7-31(22,14-32)8-9-41-29-27(39)26(38)24(36)21(46-29)13-42-30-28(40)25(37)23(35)20(12-34)45-30/h2-7,11,16,20-30,33-40H,8-10,12-13,15H2,1H3/t16?,20-,21-,22?,23-,24-,25+,26+,27-,28-,29-,30-,31-/m1/s1. The fourth-order valence-electron chi connectivity index (χ4n) is 6.00. The van der Waals surface area contributed by atoms with E-state index in [1.165, 1.54) is 0 Å². The number of nitrogens with one attached hydrogen (secondary N) is 1. The molecule has 254 valence electrons. The fourth-order valence-corrected chi connectivity index (χ4v) is 6.00. The summed E-state index contributed by atoms with van der Waals surface area (Å²) in [6, 6.07) is 7.77. The van der Waals surface area contributed by atoms with Gasteiger partial charge in [-0.15, -0.1) is 0 Å². The van der Waals surface area contributed by atoms with Gasteiger partial charge in [-0.2, -0.15) is 5.26 Å². The molecule has 3 aliphatic heterocycles. The maximum atomic E-state index is 10.6. The summed E-state index contributed by atoms with van der Waals surface area (Å²) in [6.07, 6.45) is -7.04. The first-order valence-electron chi connectivity index (χ1n) is 15.2. The Morgan fingerprint density at radius 1 is 0.913 bits per heavy atom. The molecule has 4 aliphatic rings. The molecule has 0 saturated carbocycles. The molecule has 0 amide bonds. The van der Waals surface area contributed by atoms with Gasteiger partial charge in [0.1, 0.15) is 48.8 Å². The van der Waals surface area contributed by atoms with Crippen molar-refractivity contribution in [1.82, 2.24) is 5.32 Å². The van der Waals surface area contributed by atoms with E-state index in [1.807, 2.05) is 37.3 Å². The van der Waals surface area contributed by atoms with Crippen LogP contribution in [0.1, 0.15) is 18.9 Å². The Bertz CT molecular complexity index is 1270. The van der Waals surface area contributed by atoms with Gasteiger partial charge in [0.15, 0.2) is 24.1 Å². The van der Waals surface area contributed by atoms with Crippen LogP contribution in [0.3, 0.4) is 0 Å². The lowest BCUT2D eigenvalue weighted by atomic mass is 9.75. The van der Waals surface area contributed by atoms with Crippen molar-refractivity contribution < 1.29 is 64.2 Å². The second-order valence-electron chi connectivity index (χ2n) is 12.0. The maximum absolute atomic E-state index is 10.6. The third-order valence-electron chi connectivity index (χ3n) is 8.75. The smallest absolute Gasteiger partial charge is 0.231 e. The number of aliphatic hydroxyl groups excluding tert-OH is 7. The summed E-state index contributed by atoms with van der Waals surface area (Å²) in [6.45, 7) is 1.01. The highest BCUT2D eigenvalue weighted by molar-refractivity contribution is 5.44. The van der Waals surface area contributed by atoms with Gasteiger partial charge >= 0.3 is 0 Å². The van der Waals surface area contributed by atoms with Crippen molar-refractivity contribution in [1.29, 1.82) is 5.26 Å². The van der Waals surface area contributed by atoms with Crippen molar-refractivity contribution in [2.45, 2.75) is 93.3 Å². The van der Waals surface area contributed by atoms with Gasteiger partial charge in [0.05, 0.1) is 31.3 Å². The zero-order valence-electron chi connectivity index (χ0n) is 25.2. The first kappa shape index (κ1) is 34.6. The van der Waals surface area contributed by atoms with E-state index in [0.29, 0.717) is 17.9 Å². The van der Waals surface area contributed by atoms with Gasteiger partial charge in [0.25, 0.3) is 0 Å². The van der Waals surface area contributed by atoms with Gasteiger partial charge in [-0.25, -0.2) is 0 Å². The molecule has 46 heavy (non-hydrogen) atoms. The predicted molar refractivity (Wildman–Crippen MR) is 156 cm³/mol. The molecule has 3 heterocycles. The molecular formula is C31H42N2O13. The fraction of sp³-hybridized carbons (Fsp3) is 0.645. The lowest BCUT2D eigenvalue weighted by molar-refractivity contribution is -0.331. The van der Waals surface area contributed by atoms with E-state index in [0.717, 1.165) is 5.56 Å². The maximum Gasteiger partial charge on any atom is 0.231 e. The highest BCUT2D eigenvalue weighted by Gasteiger charge is 2.48. The largest absolute Gasteiger partial charge is 0.454 e. The van der Waals surface area contributed by atoms with Gasteiger partial charge in [0.2, 0.25) is 6.79 Å². The molecule has 2 unspecified atom stereocenters. The SMILES string of the molecule is CC(Cc1ccc2c(c1)OCO2)NC1C=CC=C[C@]1(C#N)CCO[C@@H]1O[C@H](CO[C@@H]2O[C@H](CO)[C@@H](O)[C@H](O)[C@H]2O)[C@@H](O)[C@H](O)[C@H]1O. The molecule has 0 radical (unpaired) electrons. The third kappa shape index (κ3) is 7.39. The number of hydrogen-bond acceptors (Lipinski definition) is 15. The second kappa shape index (κ2) is 15.0. The summed E-state index contributed by atoms with van der Waals surface area (Å²) >= 11 is 0. The third-order valence-corrected chi connectivity index (χ3v) is 8.75. The topological polar surface area (TPSA) is 233 Å². The normalized spacial score (nSPS) is 39.2. The Morgan fingerprint density at radius 2 is 1.59 bits per heavy atom. The molecule has 8 N–H and O–H groups in total. The molecule has 2 saturated heterocycles. The minimum atomic E-state index is -1.68. The summed E-state index contributed by atoms with van der Waals surface area (Å²) in [5.41, 5.74) is 0.0288. The monoisotopic (exact) mass is 650 g/mol. The molecular weight excluding hydrogens is 608 g/mol. The van der Waals surface area contributed by atoms with Crippen molar-refractivity contribution >= 4 is 0 Å². The van der Waals surface area contributed by atoms with Gasteiger partial charge in [-0.05, 0) is 37.5 Å². The predicted octanol–water partition coefficient (Wildman–Crippen LogP) is -2.03. The molecule has 1 aromatic rings. The summed E-state index contributed by atoms with van der Waals surface area (Å²) in [7, 11) is 0. The summed E-state index contributed by atoms with van der Waals surface area (Å²) in [5, 5.41) is 85.0. The molecule has 2 fully saturated rings. The quantitative estimate of drug-likeness (QED) is 0.122.